The van der Waals surface area contributed by atoms with Crippen molar-refractivity contribution in [3.63, 3.8) is 0 Å². The van der Waals surface area contributed by atoms with Crippen molar-refractivity contribution >= 4 is 11.9 Å². The Labute approximate surface area is 128 Å². The normalized spacial score (nSPS) is 12.0. The van der Waals surface area contributed by atoms with Gasteiger partial charge in [0.2, 0.25) is 5.91 Å². The zero-order chi connectivity index (χ0) is 16.3. The van der Waals surface area contributed by atoms with Gasteiger partial charge in [0.1, 0.15) is 6.54 Å². The summed E-state index contributed by atoms with van der Waals surface area (Å²) in [4.78, 5) is 22.7. The molecular weight excluding hydrogens is 284 g/mol. The maximum Gasteiger partial charge on any atom is 0.358 e. The molecule has 1 unspecified atom stereocenters. The third-order valence-corrected chi connectivity index (χ3v) is 3.18. The van der Waals surface area contributed by atoms with Gasteiger partial charge in [0.15, 0.2) is 5.69 Å². The van der Waals surface area contributed by atoms with E-state index in [-0.39, 0.29) is 24.2 Å². The van der Waals surface area contributed by atoms with Gasteiger partial charge < -0.3 is 10.4 Å². The van der Waals surface area contributed by atoms with Crippen LogP contribution in [0.15, 0.2) is 24.4 Å². The van der Waals surface area contributed by atoms with Crippen molar-refractivity contribution in [1.82, 2.24) is 20.3 Å². The number of benzene rings is 1. The molecule has 0 saturated carbocycles. The molecule has 22 heavy (non-hydrogen) atoms. The summed E-state index contributed by atoms with van der Waals surface area (Å²) in [6, 6.07) is 5.97. The van der Waals surface area contributed by atoms with E-state index in [9.17, 15) is 9.59 Å². The number of hydrogen-bond donors (Lipinski definition) is 2. The third kappa shape index (κ3) is 3.91. The number of nitrogens with zero attached hydrogens (tertiary/aromatic N) is 3. The summed E-state index contributed by atoms with van der Waals surface area (Å²) < 4.78 is 1.20. The summed E-state index contributed by atoms with van der Waals surface area (Å²) in [6.07, 6.45) is 1.23. The van der Waals surface area contributed by atoms with Crippen molar-refractivity contribution in [3.05, 3.63) is 46.8 Å². The molecule has 1 aromatic carbocycles. The summed E-state index contributed by atoms with van der Waals surface area (Å²) in [5.74, 6) is -1.43. The number of carboxylic acid groups (broad SMARTS) is 1. The number of aryl methyl sites for hydroxylation is 2. The minimum absolute atomic E-state index is 0.0740. The van der Waals surface area contributed by atoms with Gasteiger partial charge >= 0.3 is 5.97 Å². The standard InChI is InChI=1S/C15H18N4O3/c1-9-4-10(2)6-12(5-9)11(3)16-14(20)8-19-7-13(15(21)22)17-18-19/h4-7,11H,8H2,1-3H3,(H,16,20)(H,21,22). The molecule has 2 rings (SSSR count). The molecule has 1 aromatic heterocycles. The second-order valence-electron chi connectivity index (χ2n) is 5.32. The molecule has 0 aliphatic carbocycles. The highest BCUT2D eigenvalue weighted by Gasteiger charge is 2.13. The molecule has 7 nitrogen and oxygen atoms in total. The minimum Gasteiger partial charge on any atom is -0.476 e. The maximum absolute atomic E-state index is 12.0. The molecule has 0 bridgehead atoms. The molecule has 1 amide bonds. The second kappa shape index (κ2) is 6.38. The Morgan fingerprint density at radius 3 is 2.45 bits per heavy atom. The molecule has 0 saturated heterocycles. The zero-order valence-electron chi connectivity index (χ0n) is 12.7. The summed E-state index contributed by atoms with van der Waals surface area (Å²) in [5, 5.41) is 18.7. The van der Waals surface area contributed by atoms with E-state index >= 15 is 0 Å². The lowest BCUT2D eigenvalue weighted by molar-refractivity contribution is -0.122. The van der Waals surface area contributed by atoms with Crippen molar-refractivity contribution in [2.24, 2.45) is 0 Å². The molecule has 116 valence electrons. The van der Waals surface area contributed by atoms with Crippen LogP contribution in [0.25, 0.3) is 0 Å². The first-order chi connectivity index (χ1) is 10.3. The van der Waals surface area contributed by atoms with Crippen molar-refractivity contribution in [2.45, 2.75) is 33.4 Å². The molecule has 7 heteroatoms. The molecule has 2 aromatic rings. The molecule has 2 N–H and O–H groups in total. The molecule has 0 spiro atoms. The molecule has 1 heterocycles. The molecule has 0 aliphatic rings. The fourth-order valence-electron chi connectivity index (χ4n) is 2.25. The van der Waals surface area contributed by atoms with Crippen LogP contribution in [0.4, 0.5) is 0 Å². The molecule has 0 radical (unpaired) electrons. The SMILES string of the molecule is Cc1cc(C)cc(C(C)NC(=O)Cn2cc(C(=O)O)nn2)c1. The molecule has 0 fully saturated rings. The first-order valence-electron chi connectivity index (χ1n) is 6.86. The van der Waals surface area contributed by atoms with Gasteiger partial charge in [-0.2, -0.15) is 0 Å². The number of hydrogen-bond acceptors (Lipinski definition) is 4. The third-order valence-electron chi connectivity index (χ3n) is 3.18. The number of aromatic nitrogens is 3. The summed E-state index contributed by atoms with van der Waals surface area (Å²) in [6.45, 7) is 5.84. The predicted octanol–water partition coefficient (Wildman–Crippen LogP) is 1.47. The van der Waals surface area contributed by atoms with Gasteiger partial charge in [-0.3, -0.25) is 4.79 Å². The van der Waals surface area contributed by atoms with Gasteiger partial charge in [0.05, 0.1) is 12.2 Å². The largest absolute Gasteiger partial charge is 0.476 e. The van der Waals surface area contributed by atoms with Crippen LogP contribution in [0, 0.1) is 13.8 Å². The van der Waals surface area contributed by atoms with E-state index < -0.39 is 5.97 Å². The van der Waals surface area contributed by atoms with Crippen molar-refractivity contribution in [2.75, 3.05) is 0 Å². The Morgan fingerprint density at radius 1 is 1.27 bits per heavy atom. The lowest BCUT2D eigenvalue weighted by Crippen LogP contribution is -2.30. The van der Waals surface area contributed by atoms with Crippen LogP contribution in [0.5, 0.6) is 0 Å². The van der Waals surface area contributed by atoms with Gasteiger partial charge in [0.25, 0.3) is 0 Å². The first kappa shape index (κ1) is 15.7. The number of amides is 1. The van der Waals surface area contributed by atoms with E-state index in [4.69, 9.17) is 5.11 Å². The minimum atomic E-state index is -1.17. The molecule has 1 atom stereocenters. The second-order valence-corrected chi connectivity index (χ2v) is 5.32. The summed E-state index contributed by atoms with van der Waals surface area (Å²) in [7, 11) is 0. The number of carboxylic acids is 1. The lowest BCUT2D eigenvalue weighted by atomic mass is 10.0. The molecular formula is C15H18N4O3. The average molecular weight is 302 g/mol. The number of carbonyl (C=O) groups excluding carboxylic acids is 1. The Bertz CT molecular complexity index is 688. The number of aromatic carboxylic acids is 1. The monoisotopic (exact) mass is 302 g/mol. The Morgan fingerprint density at radius 2 is 1.91 bits per heavy atom. The van der Waals surface area contributed by atoms with E-state index in [1.54, 1.807) is 0 Å². The topological polar surface area (TPSA) is 97.1 Å². The zero-order valence-corrected chi connectivity index (χ0v) is 12.7. The molecule has 0 aliphatic heterocycles. The number of nitrogens with one attached hydrogen (secondary N) is 1. The van der Waals surface area contributed by atoms with Gasteiger partial charge in [0, 0.05) is 0 Å². The number of rotatable bonds is 5. The summed E-state index contributed by atoms with van der Waals surface area (Å²) >= 11 is 0. The van der Waals surface area contributed by atoms with Crippen LogP contribution in [0.2, 0.25) is 0 Å². The van der Waals surface area contributed by atoms with Gasteiger partial charge in [-0.1, -0.05) is 34.5 Å². The van der Waals surface area contributed by atoms with Crippen LogP contribution >= 0.6 is 0 Å². The van der Waals surface area contributed by atoms with Crippen molar-refractivity contribution in [1.29, 1.82) is 0 Å². The van der Waals surface area contributed by atoms with Crippen LogP contribution < -0.4 is 5.32 Å². The van der Waals surface area contributed by atoms with E-state index in [1.165, 1.54) is 10.9 Å². The van der Waals surface area contributed by atoms with E-state index in [1.807, 2.05) is 32.9 Å². The fourth-order valence-corrected chi connectivity index (χ4v) is 2.25. The Hall–Kier alpha value is -2.70. The van der Waals surface area contributed by atoms with Crippen LogP contribution in [0.1, 0.15) is 40.1 Å². The highest BCUT2D eigenvalue weighted by molar-refractivity contribution is 5.84. The van der Waals surface area contributed by atoms with Crippen LogP contribution in [0.3, 0.4) is 0 Å². The highest BCUT2D eigenvalue weighted by atomic mass is 16.4. The lowest BCUT2D eigenvalue weighted by Gasteiger charge is -2.15. The van der Waals surface area contributed by atoms with Gasteiger partial charge in [-0.15, -0.1) is 5.10 Å². The fraction of sp³-hybridized carbons (Fsp3) is 0.333. The smallest absolute Gasteiger partial charge is 0.358 e. The Balaban J connectivity index is 2.00. The predicted molar refractivity (Wildman–Crippen MR) is 79.5 cm³/mol. The Kier molecular flexibility index (Phi) is 4.55. The van der Waals surface area contributed by atoms with Gasteiger partial charge in [-0.25, -0.2) is 9.48 Å². The highest BCUT2D eigenvalue weighted by Crippen LogP contribution is 2.16. The van der Waals surface area contributed by atoms with E-state index in [0.717, 1.165) is 16.7 Å². The average Bonchev–Trinajstić information content (AvgIpc) is 2.86. The first-order valence-corrected chi connectivity index (χ1v) is 6.86. The van der Waals surface area contributed by atoms with E-state index in [2.05, 4.69) is 21.7 Å². The van der Waals surface area contributed by atoms with Crippen molar-refractivity contribution in [3.8, 4) is 0 Å². The number of carbonyl (C=O) groups is 2. The van der Waals surface area contributed by atoms with Crippen LogP contribution in [-0.4, -0.2) is 32.0 Å². The van der Waals surface area contributed by atoms with Crippen molar-refractivity contribution < 1.29 is 14.7 Å². The summed E-state index contributed by atoms with van der Waals surface area (Å²) in [5.41, 5.74) is 3.11. The quantitative estimate of drug-likeness (QED) is 0.871. The van der Waals surface area contributed by atoms with Gasteiger partial charge in [-0.05, 0) is 26.3 Å². The van der Waals surface area contributed by atoms with E-state index in [0.29, 0.717) is 0 Å². The maximum atomic E-state index is 12.0. The van der Waals surface area contributed by atoms with Crippen LogP contribution in [-0.2, 0) is 11.3 Å².